The zero-order valence-electron chi connectivity index (χ0n) is 7.83. The number of hydrogen-bond donors (Lipinski definition) is 1. The molecule has 0 atom stereocenters. The average molecular weight is 247 g/mol. The molecule has 5 heteroatoms. The highest BCUT2D eigenvalue weighted by atomic mass is 35.5. The predicted molar refractivity (Wildman–Crippen MR) is 59.1 cm³/mol. The fraction of sp³-hybridized carbons (Fsp3) is 0.100. The lowest BCUT2D eigenvalue weighted by Gasteiger charge is -2.03. The molecule has 1 rings (SSSR count). The predicted octanol–water partition coefficient (Wildman–Crippen LogP) is 3.07. The van der Waals surface area contributed by atoms with Gasteiger partial charge in [-0.25, -0.2) is 4.79 Å². The molecule has 1 aromatic rings. The molecular weight excluding hydrogens is 239 g/mol. The van der Waals surface area contributed by atoms with Gasteiger partial charge in [0.15, 0.2) is 0 Å². The Balaban J connectivity index is 3.06. The summed E-state index contributed by atoms with van der Waals surface area (Å²) < 4.78 is 4.36. The molecule has 0 saturated carbocycles. The van der Waals surface area contributed by atoms with E-state index in [9.17, 15) is 9.90 Å². The van der Waals surface area contributed by atoms with Crippen molar-refractivity contribution >= 4 is 34.9 Å². The fourth-order valence-corrected chi connectivity index (χ4v) is 1.45. The first-order valence-corrected chi connectivity index (χ1v) is 4.74. The van der Waals surface area contributed by atoms with Gasteiger partial charge in [-0.1, -0.05) is 23.2 Å². The number of rotatable bonds is 2. The molecule has 0 fully saturated rings. The van der Waals surface area contributed by atoms with Crippen molar-refractivity contribution in [2.24, 2.45) is 0 Å². The minimum atomic E-state index is -0.654. The molecule has 80 valence electrons. The number of aliphatic hydroxyl groups excluding tert-OH is 1. The second-order valence-electron chi connectivity index (χ2n) is 2.68. The summed E-state index contributed by atoms with van der Waals surface area (Å²) >= 11 is 11.5. The number of hydrogen-bond acceptors (Lipinski definition) is 3. The standard InChI is InChI=1S/C10H8Cl2O3/c1-15-10(14)5-9(13)7-3-2-6(11)4-8(7)12/h2-5,13H,1H3/b9-5-. The van der Waals surface area contributed by atoms with E-state index >= 15 is 0 Å². The minimum Gasteiger partial charge on any atom is -0.507 e. The van der Waals surface area contributed by atoms with Gasteiger partial charge in [-0.15, -0.1) is 0 Å². The normalized spacial score (nSPS) is 11.3. The van der Waals surface area contributed by atoms with E-state index in [-0.39, 0.29) is 10.8 Å². The largest absolute Gasteiger partial charge is 0.507 e. The Labute approximate surface area is 96.9 Å². The maximum atomic E-state index is 10.8. The SMILES string of the molecule is COC(=O)/C=C(\O)c1ccc(Cl)cc1Cl. The van der Waals surface area contributed by atoms with Gasteiger partial charge in [-0.2, -0.15) is 0 Å². The second-order valence-corrected chi connectivity index (χ2v) is 3.52. The minimum absolute atomic E-state index is 0.261. The van der Waals surface area contributed by atoms with E-state index in [0.717, 1.165) is 6.08 Å². The van der Waals surface area contributed by atoms with Crippen LogP contribution in [0.5, 0.6) is 0 Å². The van der Waals surface area contributed by atoms with E-state index < -0.39 is 5.97 Å². The van der Waals surface area contributed by atoms with Gasteiger partial charge in [0.05, 0.1) is 18.2 Å². The van der Waals surface area contributed by atoms with Gasteiger partial charge in [-0.3, -0.25) is 0 Å². The van der Waals surface area contributed by atoms with Crippen molar-refractivity contribution in [2.75, 3.05) is 7.11 Å². The molecule has 0 aliphatic heterocycles. The summed E-state index contributed by atoms with van der Waals surface area (Å²) in [4.78, 5) is 10.8. The zero-order valence-corrected chi connectivity index (χ0v) is 9.34. The summed E-state index contributed by atoms with van der Waals surface area (Å²) in [5.74, 6) is -0.915. The third-order valence-corrected chi connectivity index (χ3v) is 2.21. The Kier molecular flexibility index (Phi) is 4.00. The van der Waals surface area contributed by atoms with Gasteiger partial charge in [0.1, 0.15) is 5.76 Å². The maximum Gasteiger partial charge on any atom is 0.334 e. The van der Waals surface area contributed by atoms with Crippen molar-refractivity contribution in [3.8, 4) is 0 Å². The molecule has 0 aromatic heterocycles. The molecule has 0 radical (unpaired) electrons. The summed E-state index contributed by atoms with van der Waals surface area (Å²) in [6.45, 7) is 0. The smallest absolute Gasteiger partial charge is 0.334 e. The Morgan fingerprint density at radius 2 is 2.13 bits per heavy atom. The highest BCUT2D eigenvalue weighted by Crippen LogP contribution is 2.25. The molecule has 0 saturated heterocycles. The number of methoxy groups -OCH3 is 1. The number of carbonyl (C=O) groups excluding carboxylic acids is 1. The highest BCUT2D eigenvalue weighted by Gasteiger charge is 2.07. The lowest BCUT2D eigenvalue weighted by molar-refractivity contribution is -0.134. The quantitative estimate of drug-likeness (QED) is 0.496. The van der Waals surface area contributed by atoms with E-state index in [4.69, 9.17) is 23.2 Å². The van der Waals surface area contributed by atoms with Crippen LogP contribution < -0.4 is 0 Å². The van der Waals surface area contributed by atoms with Crippen LogP contribution in [0.4, 0.5) is 0 Å². The van der Waals surface area contributed by atoms with Crippen molar-refractivity contribution < 1.29 is 14.6 Å². The third kappa shape index (κ3) is 3.15. The first-order chi connectivity index (χ1) is 7.04. The molecule has 0 spiro atoms. The summed E-state index contributed by atoms with van der Waals surface area (Å²) in [6, 6.07) is 4.54. The van der Waals surface area contributed by atoms with E-state index in [1.165, 1.54) is 19.2 Å². The lowest BCUT2D eigenvalue weighted by atomic mass is 10.2. The van der Waals surface area contributed by atoms with Crippen LogP contribution in [0.15, 0.2) is 24.3 Å². The summed E-state index contributed by atoms with van der Waals surface area (Å²) in [5.41, 5.74) is 0.325. The monoisotopic (exact) mass is 246 g/mol. The highest BCUT2D eigenvalue weighted by molar-refractivity contribution is 6.35. The van der Waals surface area contributed by atoms with Crippen molar-refractivity contribution in [1.29, 1.82) is 0 Å². The van der Waals surface area contributed by atoms with Crippen molar-refractivity contribution in [3.63, 3.8) is 0 Å². The fourth-order valence-electron chi connectivity index (χ4n) is 0.946. The van der Waals surface area contributed by atoms with Gasteiger partial charge in [0.2, 0.25) is 0 Å². The van der Waals surface area contributed by atoms with Crippen molar-refractivity contribution in [2.45, 2.75) is 0 Å². The summed E-state index contributed by atoms with van der Waals surface area (Å²) in [6.07, 6.45) is 0.940. The van der Waals surface area contributed by atoms with Crippen LogP contribution in [0.1, 0.15) is 5.56 Å². The van der Waals surface area contributed by atoms with Crippen LogP contribution >= 0.6 is 23.2 Å². The second kappa shape index (κ2) is 5.05. The molecule has 15 heavy (non-hydrogen) atoms. The summed E-state index contributed by atoms with van der Waals surface area (Å²) in [5, 5.41) is 10.2. The van der Waals surface area contributed by atoms with Crippen LogP contribution in [0.2, 0.25) is 10.0 Å². The molecule has 0 heterocycles. The molecule has 0 amide bonds. The van der Waals surface area contributed by atoms with Gasteiger partial charge >= 0.3 is 5.97 Å². The van der Waals surface area contributed by atoms with E-state index in [2.05, 4.69) is 4.74 Å². The molecule has 1 N–H and O–H groups in total. The Morgan fingerprint density at radius 3 is 2.67 bits per heavy atom. The Morgan fingerprint density at radius 1 is 1.47 bits per heavy atom. The van der Waals surface area contributed by atoms with E-state index in [0.29, 0.717) is 10.6 Å². The van der Waals surface area contributed by atoms with Crippen LogP contribution in [0, 0.1) is 0 Å². The van der Waals surface area contributed by atoms with Gasteiger partial charge in [-0.05, 0) is 18.2 Å². The molecule has 0 aliphatic rings. The van der Waals surface area contributed by atoms with Crippen LogP contribution in [0.25, 0.3) is 5.76 Å². The van der Waals surface area contributed by atoms with Crippen LogP contribution in [0.3, 0.4) is 0 Å². The molecule has 0 unspecified atom stereocenters. The van der Waals surface area contributed by atoms with Gasteiger partial charge in [0, 0.05) is 10.6 Å². The topological polar surface area (TPSA) is 46.5 Å². The number of ether oxygens (including phenoxy) is 1. The summed E-state index contributed by atoms with van der Waals surface area (Å²) in [7, 11) is 1.22. The first-order valence-electron chi connectivity index (χ1n) is 3.98. The number of aliphatic hydroxyl groups is 1. The maximum absolute atomic E-state index is 10.8. The third-order valence-electron chi connectivity index (χ3n) is 1.66. The Hall–Kier alpha value is -1.19. The van der Waals surface area contributed by atoms with Gasteiger partial charge in [0.25, 0.3) is 0 Å². The molecule has 0 bridgehead atoms. The Bertz CT molecular complexity index is 413. The molecule has 1 aromatic carbocycles. The lowest BCUT2D eigenvalue weighted by Crippen LogP contribution is -1.97. The number of carbonyl (C=O) groups is 1. The number of halogens is 2. The first kappa shape index (κ1) is 11.9. The zero-order chi connectivity index (χ0) is 11.4. The van der Waals surface area contributed by atoms with Crippen LogP contribution in [-0.4, -0.2) is 18.2 Å². The molecule has 0 aliphatic carbocycles. The average Bonchev–Trinajstić information content (AvgIpc) is 2.17. The van der Waals surface area contributed by atoms with Crippen molar-refractivity contribution in [3.05, 3.63) is 39.9 Å². The van der Waals surface area contributed by atoms with Crippen molar-refractivity contribution in [1.82, 2.24) is 0 Å². The van der Waals surface area contributed by atoms with Crippen LogP contribution in [-0.2, 0) is 9.53 Å². The molecular formula is C10H8Cl2O3. The van der Waals surface area contributed by atoms with Gasteiger partial charge < -0.3 is 9.84 Å². The molecule has 3 nitrogen and oxygen atoms in total. The number of esters is 1. The number of benzene rings is 1. The van der Waals surface area contributed by atoms with E-state index in [1.807, 2.05) is 0 Å². The van der Waals surface area contributed by atoms with E-state index in [1.54, 1.807) is 6.07 Å².